The molecule has 0 spiro atoms. The quantitative estimate of drug-likeness (QED) is 0.148. The van der Waals surface area contributed by atoms with Gasteiger partial charge in [0.2, 0.25) is 0 Å². The van der Waals surface area contributed by atoms with Crippen LogP contribution in [0.3, 0.4) is 0 Å². The zero-order valence-corrected chi connectivity index (χ0v) is 25.7. The van der Waals surface area contributed by atoms with Gasteiger partial charge in [-0.1, -0.05) is 97.1 Å². The SMILES string of the molecule is O=C([O-])N1CCC(c2ccc(OCC(COc3ccccc3)OCc3ccccc3)cc2)C(OCc2ccc3ccccc3c2)C1. The molecule has 6 rings (SSSR count). The minimum Gasteiger partial charge on any atom is -0.530 e. The number of benzene rings is 5. The number of likely N-dealkylation sites (tertiary alicyclic amines) is 1. The van der Waals surface area contributed by atoms with E-state index in [4.69, 9.17) is 18.9 Å². The van der Waals surface area contributed by atoms with Crippen molar-refractivity contribution in [3.05, 3.63) is 144 Å². The van der Waals surface area contributed by atoms with Crippen molar-refractivity contribution in [1.82, 2.24) is 4.90 Å². The number of piperidine rings is 1. The Labute approximate surface area is 269 Å². The highest BCUT2D eigenvalue weighted by atomic mass is 16.6. The number of nitrogens with zero attached hydrogens (tertiary/aromatic N) is 1. The molecular formula is C39H38NO6-. The van der Waals surface area contributed by atoms with Crippen molar-refractivity contribution in [2.24, 2.45) is 0 Å². The highest BCUT2D eigenvalue weighted by molar-refractivity contribution is 5.82. The minimum absolute atomic E-state index is 0.0336. The lowest BCUT2D eigenvalue weighted by atomic mass is 9.87. The predicted octanol–water partition coefficient (Wildman–Crippen LogP) is 6.60. The summed E-state index contributed by atoms with van der Waals surface area (Å²) in [4.78, 5) is 13.1. The Bertz CT molecular complexity index is 1630. The molecule has 1 fully saturated rings. The fraction of sp³-hybridized carbons (Fsp3) is 0.256. The van der Waals surface area contributed by atoms with Crippen molar-refractivity contribution >= 4 is 16.9 Å². The number of fused-ring (bicyclic) bond motifs is 1. The van der Waals surface area contributed by atoms with Crippen LogP contribution in [0, 0.1) is 0 Å². The molecule has 0 N–H and O–H groups in total. The molecule has 5 aromatic carbocycles. The highest BCUT2D eigenvalue weighted by Crippen LogP contribution is 2.32. The predicted molar refractivity (Wildman–Crippen MR) is 176 cm³/mol. The minimum atomic E-state index is -1.17. The third-order valence-corrected chi connectivity index (χ3v) is 8.35. The van der Waals surface area contributed by atoms with E-state index in [1.165, 1.54) is 10.3 Å². The molecule has 236 valence electrons. The van der Waals surface area contributed by atoms with Crippen LogP contribution in [0.15, 0.2) is 127 Å². The first-order valence-corrected chi connectivity index (χ1v) is 15.7. The van der Waals surface area contributed by atoms with E-state index in [1.54, 1.807) is 0 Å². The van der Waals surface area contributed by atoms with Crippen molar-refractivity contribution in [1.29, 1.82) is 0 Å². The first-order chi connectivity index (χ1) is 22.6. The third-order valence-electron chi connectivity index (χ3n) is 8.35. The molecule has 0 aliphatic carbocycles. The Morgan fingerprint density at radius 1 is 0.717 bits per heavy atom. The van der Waals surface area contributed by atoms with Crippen molar-refractivity contribution < 1.29 is 28.8 Å². The maximum atomic E-state index is 11.7. The fourth-order valence-electron chi connectivity index (χ4n) is 5.80. The average Bonchev–Trinajstić information content (AvgIpc) is 3.11. The van der Waals surface area contributed by atoms with Gasteiger partial charge in [-0.15, -0.1) is 0 Å². The van der Waals surface area contributed by atoms with Crippen molar-refractivity contribution in [2.75, 3.05) is 26.3 Å². The van der Waals surface area contributed by atoms with Gasteiger partial charge in [-0.3, -0.25) is 0 Å². The van der Waals surface area contributed by atoms with E-state index in [1.807, 2.05) is 97.1 Å². The number of carbonyl (C=O) groups excluding carboxylic acids is 1. The maximum absolute atomic E-state index is 11.7. The number of ether oxygens (including phenoxy) is 4. The van der Waals surface area contributed by atoms with E-state index >= 15 is 0 Å². The van der Waals surface area contributed by atoms with Crippen molar-refractivity contribution in [3.8, 4) is 11.5 Å². The van der Waals surface area contributed by atoms with E-state index in [9.17, 15) is 9.90 Å². The fourth-order valence-corrected chi connectivity index (χ4v) is 5.80. The van der Waals surface area contributed by atoms with Gasteiger partial charge in [0, 0.05) is 19.0 Å². The molecule has 7 nitrogen and oxygen atoms in total. The van der Waals surface area contributed by atoms with Gasteiger partial charge in [0.05, 0.1) is 19.3 Å². The molecule has 7 heteroatoms. The summed E-state index contributed by atoms with van der Waals surface area (Å²) in [6.07, 6.45) is -1.12. The second kappa shape index (κ2) is 15.4. The summed E-state index contributed by atoms with van der Waals surface area (Å²) < 4.78 is 24.8. The molecule has 1 saturated heterocycles. The molecule has 5 aromatic rings. The Kier molecular flexibility index (Phi) is 10.4. The van der Waals surface area contributed by atoms with Crippen LogP contribution >= 0.6 is 0 Å². The topological polar surface area (TPSA) is 80.3 Å². The van der Waals surface area contributed by atoms with E-state index < -0.39 is 6.09 Å². The molecule has 3 unspecified atom stereocenters. The summed E-state index contributed by atoms with van der Waals surface area (Å²) in [6.45, 7) is 2.19. The van der Waals surface area contributed by atoms with E-state index in [0.29, 0.717) is 39.4 Å². The smallest absolute Gasteiger partial charge is 0.137 e. The van der Waals surface area contributed by atoms with Gasteiger partial charge >= 0.3 is 0 Å². The second-order valence-corrected chi connectivity index (χ2v) is 11.6. The van der Waals surface area contributed by atoms with Gasteiger partial charge < -0.3 is 33.7 Å². The lowest BCUT2D eigenvalue weighted by Gasteiger charge is -2.40. The normalized spacial score (nSPS) is 17.0. The summed E-state index contributed by atoms with van der Waals surface area (Å²) in [5.41, 5.74) is 3.21. The summed E-state index contributed by atoms with van der Waals surface area (Å²) in [5.74, 6) is 1.53. The molecule has 3 atom stereocenters. The molecule has 0 aromatic heterocycles. The molecular weight excluding hydrogens is 578 g/mol. The number of carbonyl (C=O) groups is 1. The van der Waals surface area contributed by atoms with Crippen LogP contribution in [0.1, 0.15) is 29.0 Å². The number of amides is 1. The van der Waals surface area contributed by atoms with Gasteiger partial charge in [0.25, 0.3) is 0 Å². The monoisotopic (exact) mass is 616 g/mol. The summed E-state index contributed by atoms with van der Waals surface area (Å²) in [6, 6.07) is 42.2. The van der Waals surface area contributed by atoms with Crippen LogP contribution < -0.4 is 14.6 Å². The van der Waals surface area contributed by atoms with Crippen molar-refractivity contribution in [2.45, 2.75) is 37.8 Å². The number of hydrogen-bond acceptors (Lipinski definition) is 6. The van der Waals surface area contributed by atoms with Crippen LogP contribution in [-0.2, 0) is 22.7 Å². The van der Waals surface area contributed by atoms with Gasteiger partial charge in [-0.05, 0) is 64.2 Å². The summed E-state index contributed by atoms with van der Waals surface area (Å²) >= 11 is 0. The number of hydrogen-bond donors (Lipinski definition) is 0. The summed E-state index contributed by atoms with van der Waals surface area (Å²) in [7, 11) is 0. The van der Waals surface area contributed by atoms with E-state index in [-0.39, 0.29) is 24.7 Å². The third kappa shape index (κ3) is 8.44. The molecule has 0 saturated carbocycles. The molecule has 46 heavy (non-hydrogen) atoms. The van der Waals surface area contributed by atoms with Crippen molar-refractivity contribution in [3.63, 3.8) is 0 Å². The molecule has 1 aliphatic heterocycles. The molecule has 1 amide bonds. The molecule has 0 radical (unpaired) electrons. The lowest BCUT2D eigenvalue weighted by molar-refractivity contribution is -0.268. The molecule has 1 aliphatic rings. The highest BCUT2D eigenvalue weighted by Gasteiger charge is 2.31. The Balaban J connectivity index is 1.09. The Morgan fingerprint density at radius 2 is 1.37 bits per heavy atom. The zero-order chi connectivity index (χ0) is 31.6. The number of para-hydroxylation sites is 1. The van der Waals surface area contributed by atoms with Crippen LogP contribution in [0.25, 0.3) is 10.8 Å². The Hall–Kier alpha value is -4.85. The molecule has 0 bridgehead atoms. The first kappa shape index (κ1) is 31.1. The number of rotatable bonds is 13. The van der Waals surface area contributed by atoms with E-state index in [2.05, 4.69) is 30.3 Å². The summed E-state index contributed by atoms with van der Waals surface area (Å²) in [5, 5.41) is 14.0. The van der Waals surface area contributed by atoms with Crippen LogP contribution in [-0.4, -0.2) is 49.5 Å². The maximum Gasteiger partial charge on any atom is 0.137 e. The second-order valence-electron chi connectivity index (χ2n) is 11.6. The lowest BCUT2D eigenvalue weighted by Crippen LogP contribution is -2.51. The number of carboxylic acid groups (broad SMARTS) is 1. The van der Waals surface area contributed by atoms with Gasteiger partial charge in [0.1, 0.15) is 36.9 Å². The van der Waals surface area contributed by atoms with Gasteiger partial charge in [-0.25, -0.2) is 0 Å². The van der Waals surface area contributed by atoms with Gasteiger partial charge in [-0.2, -0.15) is 0 Å². The van der Waals surface area contributed by atoms with E-state index in [0.717, 1.165) is 33.6 Å². The zero-order valence-electron chi connectivity index (χ0n) is 25.7. The van der Waals surface area contributed by atoms with Crippen LogP contribution in [0.2, 0.25) is 0 Å². The standard InChI is InChI=1S/C39H39NO6/c41-39(42)40-22-21-37(38(24-40)46-26-30-15-16-31-11-7-8-12-33(31)23-30)32-17-19-35(20-18-32)45-28-36(27-44-34-13-5-2-6-14-34)43-25-29-9-3-1-4-10-29/h1-20,23,36-38H,21-22,24-28H2,(H,41,42)/p-1. The first-order valence-electron chi connectivity index (χ1n) is 15.7. The van der Waals surface area contributed by atoms with Crippen LogP contribution in [0.4, 0.5) is 4.79 Å². The molecule has 1 heterocycles. The average molecular weight is 617 g/mol. The van der Waals surface area contributed by atoms with Crippen LogP contribution in [0.5, 0.6) is 11.5 Å². The van der Waals surface area contributed by atoms with Gasteiger partial charge in [0.15, 0.2) is 0 Å². The Morgan fingerprint density at radius 3 is 2.09 bits per heavy atom. The largest absolute Gasteiger partial charge is 0.530 e.